The van der Waals surface area contributed by atoms with E-state index < -0.39 is 30.5 Å². The van der Waals surface area contributed by atoms with E-state index in [4.69, 9.17) is 4.74 Å². The molecule has 1 N–H and O–H groups in total. The molecule has 33 heavy (non-hydrogen) atoms. The highest BCUT2D eigenvalue weighted by atomic mass is 19.4. The van der Waals surface area contributed by atoms with Crippen molar-refractivity contribution in [2.45, 2.75) is 58.9 Å². The molecule has 0 spiro atoms. The molecule has 0 saturated carbocycles. The number of hydrogen-bond donors (Lipinski definition) is 1. The Hall–Kier alpha value is -3.10. The van der Waals surface area contributed by atoms with Gasteiger partial charge >= 0.3 is 12.3 Å². The molecule has 1 amide bonds. The molecule has 2 aromatic heterocycles. The van der Waals surface area contributed by atoms with Gasteiger partial charge in [-0.3, -0.25) is 9.88 Å². The standard InChI is InChI=1S/C24H29F3N4O2/c1-15(2)12-20(31(14-24(25,26)27)22(32)33-23(3,4)5)21-29-18-7-6-17(13-19(18)30-21)16-8-10-28-11-9-16/h6-11,13,15,20H,12,14H2,1-5H3,(H,29,30)/t20-/m1/s1. The van der Waals surface area contributed by atoms with Crippen LogP contribution in [0.3, 0.4) is 0 Å². The molecule has 0 fully saturated rings. The summed E-state index contributed by atoms with van der Waals surface area (Å²) >= 11 is 0. The van der Waals surface area contributed by atoms with Crippen molar-refractivity contribution in [3.63, 3.8) is 0 Å². The van der Waals surface area contributed by atoms with E-state index in [1.807, 2.05) is 38.1 Å². The van der Waals surface area contributed by atoms with Crippen molar-refractivity contribution in [2.75, 3.05) is 6.54 Å². The molecule has 3 rings (SSSR count). The van der Waals surface area contributed by atoms with Gasteiger partial charge in [-0.15, -0.1) is 0 Å². The van der Waals surface area contributed by atoms with Crippen LogP contribution in [0.2, 0.25) is 0 Å². The van der Waals surface area contributed by atoms with Crippen molar-refractivity contribution in [3.8, 4) is 11.1 Å². The molecule has 0 aliphatic carbocycles. The number of H-pyrrole nitrogens is 1. The number of carbonyl (C=O) groups excluding carboxylic acids is 1. The average Bonchev–Trinajstić information content (AvgIpc) is 3.12. The van der Waals surface area contributed by atoms with E-state index in [1.54, 1.807) is 39.2 Å². The zero-order valence-electron chi connectivity index (χ0n) is 19.4. The molecular weight excluding hydrogens is 433 g/mol. The van der Waals surface area contributed by atoms with E-state index in [-0.39, 0.29) is 12.3 Å². The lowest BCUT2D eigenvalue weighted by atomic mass is 10.0. The van der Waals surface area contributed by atoms with E-state index in [0.717, 1.165) is 16.0 Å². The number of aromatic amines is 1. The second kappa shape index (κ2) is 9.41. The van der Waals surface area contributed by atoms with Crippen molar-refractivity contribution in [2.24, 2.45) is 5.92 Å². The lowest BCUT2D eigenvalue weighted by molar-refractivity contribution is -0.150. The lowest BCUT2D eigenvalue weighted by Gasteiger charge is -2.34. The fourth-order valence-electron chi connectivity index (χ4n) is 3.56. The number of halogens is 3. The van der Waals surface area contributed by atoms with E-state index in [9.17, 15) is 18.0 Å². The molecular formula is C24H29F3N4O2. The zero-order valence-corrected chi connectivity index (χ0v) is 19.4. The third-order valence-electron chi connectivity index (χ3n) is 4.88. The van der Waals surface area contributed by atoms with Crippen molar-refractivity contribution in [1.82, 2.24) is 19.9 Å². The Balaban J connectivity index is 2.04. The minimum atomic E-state index is -4.59. The molecule has 178 valence electrons. The van der Waals surface area contributed by atoms with E-state index in [2.05, 4.69) is 15.0 Å². The highest BCUT2D eigenvalue weighted by Crippen LogP contribution is 2.33. The Kier molecular flexibility index (Phi) is 7.00. The summed E-state index contributed by atoms with van der Waals surface area (Å²) in [5.41, 5.74) is 2.21. The molecule has 1 atom stereocenters. The van der Waals surface area contributed by atoms with Crippen LogP contribution in [0, 0.1) is 5.92 Å². The quantitative estimate of drug-likeness (QED) is 0.453. The molecule has 0 aliphatic rings. The monoisotopic (exact) mass is 462 g/mol. The van der Waals surface area contributed by atoms with Gasteiger partial charge in [-0.25, -0.2) is 9.78 Å². The second-order valence-corrected chi connectivity index (χ2v) is 9.46. The molecule has 0 unspecified atom stereocenters. The fraction of sp³-hybridized carbons (Fsp3) is 0.458. The SMILES string of the molecule is CC(C)C[C@H](c1nc2ccc(-c3ccncc3)cc2[nH]1)N(CC(F)(F)F)C(=O)OC(C)(C)C. The number of nitrogens with one attached hydrogen (secondary N) is 1. The molecule has 2 heterocycles. The molecule has 9 heteroatoms. The van der Waals surface area contributed by atoms with Gasteiger partial charge in [-0.05, 0) is 68.5 Å². The van der Waals surface area contributed by atoms with Crippen molar-refractivity contribution in [3.05, 3.63) is 48.5 Å². The van der Waals surface area contributed by atoms with E-state index in [0.29, 0.717) is 16.9 Å². The topological polar surface area (TPSA) is 71.1 Å². The van der Waals surface area contributed by atoms with Gasteiger partial charge in [-0.2, -0.15) is 13.2 Å². The Bertz CT molecular complexity index is 1090. The number of amides is 1. The fourth-order valence-corrected chi connectivity index (χ4v) is 3.56. The van der Waals surface area contributed by atoms with Gasteiger partial charge in [0.2, 0.25) is 0 Å². The Morgan fingerprint density at radius 1 is 1.09 bits per heavy atom. The van der Waals surface area contributed by atoms with Crippen molar-refractivity contribution >= 4 is 17.1 Å². The number of ether oxygens (including phenoxy) is 1. The molecule has 0 aliphatic heterocycles. The third kappa shape index (κ3) is 6.69. The summed E-state index contributed by atoms with van der Waals surface area (Å²) in [6, 6.07) is 8.38. The summed E-state index contributed by atoms with van der Waals surface area (Å²) in [6.07, 6.45) is -1.96. The highest BCUT2D eigenvalue weighted by molar-refractivity contribution is 5.82. The van der Waals surface area contributed by atoms with Crippen LogP contribution in [-0.4, -0.2) is 44.3 Å². The Morgan fingerprint density at radius 2 is 1.76 bits per heavy atom. The zero-order chi connectivity index (χ0) is 24.4. The van der Waals surface area contributed by atoms with Crippen LogP contribution in [0.4, 0.5) is 18.0 Å². The van der Waals surface area contributed by atoms with Crippen LogP contribution in [0.1, 0.15) is 52.9 Å². The maximum absolute atomic E-state index is 13.5. The van der Waals surface area contributed by atoms with Crippen LogP contribution in [0.5, 0.6) is 0 Å². The normalized spacial score (nSPS) is 13.4. The first-order valence-corrected chi connectivity index (χ1v) is 10.8. The molecule has 0 radical (unpaired) electrons. The summed E-state index contributed by atoms with van der Waals surface area (Å²) in [5.74, 6) is 0.300. The number of alkyl halides is 3. The number of hydrogen-bond acceptors (Lipinski definition) is 4. The van der Waals surface area contributed by atoms with Gasteiger partial charge in [0.1, 0.15) is 18.0 Å². The van der Waals surface area contributed by atoms with Crippen molar-refractivity contribution in [1.29, 1.82) is 0 Å². The number of fused-ring (bicyclic) bond motifs is 1. The summed E-state index contributed by atoms with van der Waals surface area (Å²) in [7, 11) is 0. The number of imidazole rings is 1. The van der Waals surface area contributed by atoms with Gasteiger partial charge in [0.15, 0.2) is 0 Å². The Morgan fingerprint density at radius 3 is 2.33 bits per heavy atom. The first kappa shape index (κ1) is 24.5. The molecule has 0 saturated heterocycles. The van der Waals surface area contributed by atoms with E-state index in [1.165, 1.54) is 0 Å². The first-order valence-electron chi connectivity index (χ1n) is 10.8. The van der Waals surface area contributed by atoms with Crippen LogP contribution in [0.15, 0.2) is 42.7 Å². The molecule has 0 bridgehead atoms. The van der Waals surface area contributed by atoms with Crippen LogP contribution in [0.25, 0.3) is 22.2 Å². The number of rotatable bonds is 6. The largest absolute Gasteiger partial charge is 0.444 e. The summed E-state index contributed by atoms with van der Waals surface area (Å²) in [6.45, 7) is 7.20. The van der Waals surface area contributed by atoms with E-state index >= 15 is 0 Å². The number of carbonyl (C=O) groups is 1. The third-order valence-corrected chi connectivity index (χ3v) is 4.88. The van der Waals surface area contributed by atoms with Gasteiger partial charge in [0, 0.05) is 12.4 Å². The predicted molar refractivity (Wildman–Crippen MR) is 121 cm³/mol. The average molecular weight is 463 g/mol. The lowest BCUT2D eigenvalue weighted by Crippen LogP contribution is -2.44. The number of benzene rings is 1. The number of pyridine rings is 1. The van der Waals surface area contributed by atoms with Gasteiger partial charge in [-0.1, -0.05) is 19.9 Å². The van der Waals surface area contributed by atoms with Crippen LogP contribution >= 0.6 is 0 Å². The smallest absolute Gasteiger partial charge is 0.411 e. The Labute approximate surface area is 191 Å². The molecule has 3 aromatic rings. The summed E-state index contributed by atoms with van der Waals surface area (Å²) in [5, 5.41) is 0. The number of aromatic nitrogens is 3. The van der Waals surface area contributed by atoms with Crippen LogP contribution < -0.4 is 0 Å². The second-order valence-electron chi connectivity index (χ2n) is 9.46. The maximum atomic E-state index is 13.5. The number of nitrogens with zero attached hydrogens (tertiary/aromatic N) is 3. The van der Waals surface area contributed by atoms with Gasteiger partial charge in [0.25, 0.3) is 0 Å². The molecule has 6 nitrogen and oxygen atoms in total. The highest BCUT2D eigenvalue weighted by Gasteiger charge is 2.40. The summed E-state index contributed by atoms with van der Waals surface area (Å²) in [4.78, 5) is 25.3. The van der Waals surface area contributed by atoms with Gasteiger partial charge in [0.05, 0.1) is 17.1 Å². The summed E-state index contributed by atoms with van der Waals surface area (Å²) < 4.78 is 45.7. The van der Waals surface area contributed by atoms with Crippen LogP contribution in [-0.2, 0) is 4.74 Å². The minimum absolute atomic E-state index is 0.00811. The minimum Gasteiger partial charge on any atom is -0.444 e. The molecule has 1 aromatic carbocycles. The van der Waals surface area contributed by atoms with Crippen molar-refractivity contribution < 1.29 is 22.7 Å². The predicted octanol–water partition coefficient (Wildman–Crippen LogP) is 6.51. The maximum Gasteiger partial charge on any atom is 0.411 e. The van der Waals surface area contributed by atoms with Gasteiger partial charge < -0.3 is 9.72 Å². The first-order chi connectivity index (χ1) is 15.3.